The summed E-state index contributed by atoms with van der Waals surface area (Å²) in [6, 6.07) is 18.0. The second-order valence-electron chi connectivity index (χ2n) is 8.85. The number of aromatic nitrogens is 6. The van der Waals surface area contributed by atoms with Crippen LogP contribution in [0.5, 0.6) is 11.5 Å². The van der Waals surface area contributed by atoms with Gasteiger partial charge in [-0.2, -0.15) is 5.10 Å². The first-order valence-corrected chi connectivity index (χ1v) is 11.5. The smallest absolute Gasteiger partial charge is 0.231 e. The first kappa shape index (κ1) is 20.5. The fraction of sp³-hybridized carbons (Fsp3) is 0.111. The molecule has 7 rings (SSSR count). The number of aromatic amines is 2. The van der Waals surface area contributed by atoms with Gasteiger partial charge in [-0.15, -0.1) is 0 Å². The molecule has 0 aliphatic carbocycles. The molecule has 0 spiro atoms. The molecule has 0 radical (unpaired) electrons. The quantitative estimate of drug-likeness (QED) is 0.369. The van der Waals surface area contributed by atoms with E-state index in [2.05, 4.69) is 26.2 Å². The van der Waals surface area contributed by atoms with E-state index in [4.69, 9.17) is 19.4 Å². The van der Waals surface area contributed by atoms with Crippen molar-refractivity contribution in [1.29, 1.82) is 0 Å². The number of rotatable bonds is 4. The molecular weight excluding hydrogens is 454 g/mol. The Balaban J connectivity index is 1.34. The third-order valence-corrected chi connectivity index (χ3v) is 6.36. The third kappa shape index (κ3) is 3.24. The summed E-state index contributed by atoms with van der Waals surface area (Å²) in [6.45, 7) is 0.242. The zero-order valence-electron chi connectivity index (χ0n) is 19.6. The van der Waals surface area contributed by atoms with E-state index in [0.29, 0.717) is 11.5 Å². The number of H-pyrrole nitrogens is 2. The van der Waals surface area contributed by atoms with Crippen molar-refractivity contribution in [2.45, 2.75) is 0 Å². The van der Waals surface area contributed by atoms with Crippen molar-refractivity contribution in [2.24, 2.45) is 0 Å². The van der Waals surface area contributed by atoms with Crippen LogP contribution in [-0.4, -0.2) is 51.0 Å². The van der Waals surface area contributed by atoms with Crippen molar-refractivity contribution in [3.63, 3.8) is 0 Å². The molecule has 36 heavy (non-hydrogen) atoms. The molecule has 2 N–H and O–H groups in total. The van der Waals surface area contributed by atoms with Crippen LogP contribution in [0.25, 0.3) is 56.0 Å². The molecule has 0 saturated heterocycles. The molecule has 4 aromatic heterocycles. The van der Waals surface area contributed by atoms with E-state index in [1.165, 1.54) is 0 Å². The number of para-hydroxylation sites is 1. The molecular formula is C27H21N7O2. The number of nitrogens with one attached hydrogen (secondary N) is 2. The highest BCUT2D eigenvalue weighted by atomic mass is 16.7. The summed E-state index contributed by atoms with van der Waals surface area (Å²) in [5, 5.41) is 7.64. The lowest BCUT2D eigenvalue weighted by atomic mass is 10.0. The third-order valence-electron chi connectivity index (χ3n) is 6.36. The minimum atomic E-state index is 0.242. The number of imidazole rings is 1. The summed E-state index contributed by atoms with van der Waals surface area (Å²) in [5.74, 6) is 2.14. The van der Waals surface area contributed by atoms with Crippen LogP contribution >= 0.6 is 0 Å². The largest absolute Gasteiger partial charge is 0.454 e. The van der Waals surface area contributed by atoms with Crippen LogP contribution in [0.2, 0.25) is 0 Å². The summed E-state index contributed by atoms with van der Waals surface area (Å²) in [5.41, 5.74) is 8.76. The Morgan fingerprint density at radius 1 is 0.833 bits per heavy atom. The van der Waals surface area contributed by atoms with E-state index in [-0.39, 0.29) is 6.79 Å². The second-order valence-corrected chi connectivity index (χ2v) is 8.85. The summed E-state index contributed by atoms with van der Waals surface area (Å²) >= 11 is 0. The van der Waals surface area contributed by atoms with Gasteiger partial charge in [-0.25, -0.2) is 9.97 Å². The maximum Gasteiger partial charge on any atom is 0.231 e. The van der Waals surface area contributed by atoms with Gasteiger partial charge in [0.15, 0.2) is 23.0 Å². The van der Waals surface area contributed by atoms with Crippen molar-refractivity contribution in [3.05, 3.63) is 67.0 Å². The first-order valence-electron chi connectivity index (χ1n) is 11.5. The Hall–Kier alpha value is -4.92. The van der Waals surface area contributed by atoms with Gasteiger partial charge in [0.1, 0.15) is 5.52 Å². The van der Waals surface area contributed by atoms with Crippen LogP contribution in [-0.2, 0) is 0 Å². The van der Waals surface area contributed by atoms with E-state index < -0.39 is 0 Å². The number of anilines is 1. The van der Waals surface area contributed by atoms with E-state index in [9.17, 15) is 0 Å². The number of hydrogen-bond acceptors (Lipinski definition) is 7. The van der Waals surface area contributed by atoms with Crippen LogP contribution in [0.1, 0.15) is 0 Å². The van der Waals surface area contributed by atoms with Crippen molar-refractivity contribution in [3.8, 4) is 45.4 Å². The fourth-order valence-corrected chi connectivity index (χ4v) is 4.48. The van der Waals surface area contributed by atoms with Gasteiger partial charge in [0.25, 0.3) is 0 Å². The van der Waals surface area contributed by atoms with Gasteiger partial charge in [0.2, 0.25) is 6.79 Å². The Morgan fingerprint density at radius 3 is 2.67 bits per heavy atom. The zero-order chi connectivity index (χ0) is 24.2. The number of fused-ring (bicyclic) bond motifs is 3. The minimum Gasteiger partial charge on any atom is -0.454 e. The molecule has 1 aliphatic rings. The van der Waals surface area contributed by atoms with Gasteiger partial charge in [-0.05, 0) is 42.0 Å². The average Bonchev–Trinajstić information content (AvgIpc) is 3.65. The first-order chi connectivity index (χ1) is 17.6. The van der Waals surface area contributed by atoms with Crippen LogP contribution in [0.4, 0.5) is 5.69 Å². The maximum atomic E-state index is 5.57. The van der Waals surface area contributed by atoms with Crippen LogP contribution < -0.4 is 14.4 Å². The van der Waals surface area contributed by atoms with Gasteiger partial charge < -0.3 is 19.4 Å². The van der Waals surface area contributed by atoms with Crippen molar-refractivity contribution < 1.29 is 9.47 Å². The Bertz CT molecular complexity index is 1770. The number of ether oxygens (including phenoxy) is 2. The molecule has 9 heteroatoms. The summed E-state index contributed by atoms with van der Waals surface area (Å²) in [6.07, 6.45) is 3.65. The van der Waals surface area contributed by atoms with Crippen molar-refractivity contribution in [1.82, 2.24) is 30.1 Å². The highest BCUT2D eigenvalue weighted by Gasteiger charge is 2.19. The molecule has 176 valence electrons. The molecule has 0 unspecified atom stereocenters. The fourth-order valence-electron chi connectivity index (χ4n) is 4.48. The molecule has 0 amide bonds. The van der Waals surface area contributed by atoms with Gasteiger partial charge in [0, 0.05) is 31.4 Å². The summed E-state index contributed by atoms with van der Waals surface area (Å²) in [4.78, 5) is 19.7. The number of nitrogens with zero attached hydrogens (tertiary/aromatic N) is 5. The predicted molar refractivity (Wildman–Crippen MR) is 138 cm³/mol. The standard InChI is InChI=1S/C27H21N7O2/c1-34(2)17-10-16(12-28-13-17)19-7-8-21-25(29-19)26(33-32-21)27-30-20-5-3-4-18(24(20)31-27)15-6-9-22-23(11-15)36-14-35-22/h3-13H,14H2,1-2H3,(H,30,31)(H,32,33). The van der Waals surface area contributed by atoms with Gasteiger partial charge in [-0.1, -0.05) is 18.2 Å². The van der Waals surface area contributed by atoms with E-state index in [1.54, 1.807) is 0 Å². The lowest BCUT2D eigenvalue weighted by molar-refractivity contribution is 0.174. The normalized spacial score (nSPS) is 12.5. The highest BCUT2D eigenvalue weighted by Crippen LogP contribution is 2.38. The molecule has 9 nitrogen and oxygen atoms in total. The number of benzene rings is 2. The Labute approximate surface area is 205 Å². The maximum absolute atomic E-state index is 5.57. The molecule has 0 atom stereocenters. The monoisotopic (exact) mass is 475 g/mol. The Morgan fingerprint density at radius 2 is 1.75 bits per heavy atom. The van der Waals surface area contributed by atoms with Crippen molar-refractivity contribution in [2.75, 3.05) is 25.8 Å². The lowest BCUT2D eigenvalue weighted by Gasteiger charge is -2.12. The molecule has 1 aliphatic heterocycles. The van der Waals surface area contributed by atoms with E-state index in [1.807, 2.05) is 79.9 Å². The van der Waals surface area contributed by atoms with Crippen LogP contribution in [0.15, 0.2) is 67.0 Å². The van der Waals surface area contributed by atoms with Crippen LogP contribution in [0, 0.1) is 0 Å². The lowest BCUT2D eigenvalue weighted by Crippen LogP contribution is -2.08. The molecule has 2 aromatic carbocycles. The molecule has 0 saturated carbocycles. The van der Waals surface area contributed by atoms with E-state index >= 15 is 0 Å². The highest BCUT2D eigenvalue weighted by molar-refractivity contribution is 5.96. The predicted octanol–water partition coefficient (Wildman–Crippen LogP) is 5.02. The number of pyridine rings is 2. The molecule has 5 heterocycles. The van der Waals surface area contributed by atoms with E-state index in [0.717, 1.165) is 61.6 Å². The Kier molecular flexibility index (Phi) is 4.44. The second kappa shape index (κ2) is 7.81. The van der Waals surface area contributed by atoms with Crippen LogP contribution in [0.3, 0.4) is 0 Å². The van der Waals surface area contributed by atoms with Crippen molar-refractivity contribution >= 4 is 27.8 Å². The number of hydrogen-bond donors (Lipinski definition) is 2. The zero-order valence-corrected chi connectivity index (χ0v) is 19.6. The SMILES string of the molecule is CN(C)c1cncc(-c2ccc3[nH]nc(-c4nc5c(-c6ccc7c(c6)OCO7)cccc5[nH]4)c3n2)c1. The molecule has 0 bridgehead atoms. The summed E-state index contributed by atoms with van der Waals surface area (Å²) < 4.78 is 11.0. The minimum absolute atomic E-state index is 0.242. The van der Waals surface area contributed by atoms with Gasteiger partial charge in [-0.3, -0.25) is 10.1 Å². The molecule has 0 fully saturated rings. The molecule has 6 aromatic rings. The summed E-state index contributed by atoms with van der Waals surface area (Å²) in [7, 11) is 3.98. The van der Waals surface area contributed by atoms with Gasteiger partial charge in [0.05, 0.1) is 34.1 Å². The van der Waals surface area contributed by atoms with Gasteiger partial charge >= 0.3 is 0 Å². The average molecular weight is 476 g/mol. The topological polar surface area (TPSA) is 105 Å².